The van der Waals surface area contributed by atoms with Gasteiger partial charge in [0.15, 0.2) is 0 Å². The van der Waals surface area contributed by atoms with E-state index in [9.17, 15) is 9.90 Å². The number of rotatable bonds is 4. The summed E-state index contributed by atoms with van der Waals surface area (Å²) in [7, 11) is 2.13. The molecule has 3 aliphatic heterocycles. The Labute approximate surface area is 162 Å². The molecule has 3 fully saturated rings. The molecule has 3 aliphatic rings. The maximum absolute atomic E-state index is 12.4. The van der Waals surface area contributed by atoms with Gasteiger partial charge in [-0.3, -0.25) is 9.69 Å². The van der Waals surface area contributed by atoms with Crippen molar-refractivity contribution in [3.8, 4) is 0 Å². The fraction of sp³-hybridized carbons (Fsp3) is 0.588. The lowest BCUT2D eigenvalue weighted by Crippen LogP contribution is -2.48. The van der Waals surface area contributed by atoms with E-state index in [2.05, 4.69) is 11.9 Å². The Hall–Kier alpha value is -1.07. The molecule has 0 aromatic heterocycles. The second-order valence-corrected chi connectivity index (χ2v) is 6.54. The van der Waals surface area contributed by atoms with Crippen LogP contribution < -0.4 is 0 Å². The van der Waals surface area contributed by atoms with Crippen LogP contribution in [0.4, 0.5) is 0 Å². The number of hydrogen-bond donors (Lipinski definition) is 1. The van der Waals surface area contributed by atoms with E-state index in [0.717, 1.165) is 18.4 Å². The number of ether oxygens (including phenoxy) is 2. The highest BCUT2D eigenvalue weighted by Gasteiger charge is 2.62. The lowest BCUT2D eigenvalue weighted by atomic mass is 9.97. The summed E-state index contributed by atoms with van der Waals surface area (Å²) < 4.78 is 11.4. The van der Waals surface area contributed by atoms with Crippen LogP contribution in [-0.2, 0) is 14.3 Å². The van der Waals surface area contributed by atoms with Gasteiger partial charge in [0.1, 0.15) is 24.2 Å². The average molecular weight is 438 g/mol. The largest absolute Gasteiger partial charge is 0.462 e. The minimum absolute atomic E-state index is 0. The molecule has 5 atom stereocenters. The lowest BCUT2D eigenvalue weighted by molar-refractivity contribution is -0.156. The molecule has 2 unspecified atom stereocenters. The summed E-state index contributed by atoms with van der Waals surface area (Å²) in [6, 6.07) is 10.1. The Morgan fingerprint density at radius 2 is 1.73 bits per heavy atom. The molecular weight excluding hydrogens is 410 g/mol. The van der Waals surface area contributed by atoms with Crippen LogP contribution in [0, 0.1) is 0 Å². The second-order valence-electron chi connectivity index (χ2n) is 6.54. The predicted octanol–water partition coefficient (Wildman–Crippen LogP) is -0.978. The van der Waals surface area contributed by atoms with Crippen molar-refractivity contribution in [1.82, 2.24) is 4.90 Å². The Morgan fingerprint density at radius 1 is 1.19 bits per heavy atom. The molecule has 8 nitrogen and oxygen atoms in total. The Balaban J connectivity index is 0.00000156. The summed E-state index contributed by atoms with van der Waals surface area (Å²) in [5.74, 6) is -0.915. The summed E-state index contributed by atoms with van der Waals surface area (Å²) in [6.07, 6.45) is 2.26. The molecule has 26 heavy (non-hydrogen) atoms. The number of likely N-dealkylation sites (N-methyl/N-ethyl adjacent to an activating group) is 1. The molecule has 1 aromatic carbocycles. The molecule has 1 aromatic rings. The first-order valence-corrected chi connectivity index (χ1v) is 7.92. The van der Waals surface area contributed by atoms with Crippen molar-refractivity contribution < 1.29 is 35.8 Å². The molecule has 3 heterocycles. The van der Waals surface area contributed by atoms with Gasteiger partial charge in [-0.2, -0.15) is 0 Å². The molecule has 0 amide bonds. The van der Waals surface area contributed by atoms with Crippen molar-refractivity contribution in [3.63, 3.8) is 0 Å². The first-order valence-electron chi connectivity index (χ1n) is 7.92. The van der Waals surface area contributed by atoms with Gasteiger partial charge < -0.3 is 31.0 Å². The van der Waals surface area contributed by atoms with E-state index in [0.29, 0.717) is 24.3 Å². The number of benzene rings is 1. The van der Waals surface area contributed by atoms with Crippen LogP contribution in [0.5, 0.6) is 0 Å². The van der Waals surface area contributed by atoms with Gasteiger partial charge in [-0.15, -0.1) is 17.0 Å². The molecule has 7 N–H and O–H groups in total. The number of carbonyl (C=O) groups is 1. The lowest BCUT2D eigenvalue weighted by Gasteiger charge is -2.38. The van der Waals surface area contributed by atoms with Crippen molar-refractivity contribution >= 4 is 23.0 Å². The van der Waals surface area contributed by atoms with E-state index in [4.69, 9.17) is 9.47 Å². The first kappa shape index (κ1) is 24.9. The molecule has 0 aliphatic carbocycles. The number of fused-ring (bicyclic) bond motifs is 5. The predicted molar refractivity (Wildman–Crippen MR) is 101 cm³/mol. The smallest absolute Gasteiger partial charge is 0.316 e. The topological polar surface area (TPSA) is 157 Å². The fourth-order valence-electron chi connectivity index (χ4n) is 4.04. The normalized spacial score (nSPS) is 31.7. The SMILES string of the molecule is Br.CN1C2CC(OC(=O)[C@H](CO)c3ccccc3)CC1[C@H]1O[C@H]21.O.O.O. The summed E-state index contributed by atoms with van der Waals surface area (Å²) >= 11 is 0. The zero-order chi connectivity index (χ0) is 15.3. The van der Waals surface area contributed by atoms with Gasteiger partial charge in [0.2, 0.25) is 0 Å². The van der Waals surface area contributed by atoms with Crippen LogP contribution in [0.1, 0.15) is 24.3 Å². The molecule has 3 saturated heterocycles. The van der Waals surface area contributed by atoms with E-state index in [1.165, 1.54) is 0 Å². The number of morpholine rings is 1. The number of aliphatic hydroxyl groups excluding tert-OH is 1. The third-order valence-electron chi connectivity index (χ3n) is 5.33. The standard InChI is InChI=1S/C17H21NO4.BrH.3H2O/c1-18-13-7-11(8-14(18)16-15(13)22-16)21-17(20)12(9-19)10-5-3-2-4-6-10;;;;/h2-6,11-16,19H,7-9H2,1H3;1H;3*1H2/t11?,12-,13?,14?,15-,16-;;;;/m1..../s1. The van der Waals surface area contributed by atoms with Crippen LogP contribution in [0.15, 0.2) is 30.3 Å². The highest BCUT2D eigenvalue weighted by atomic mass is 79.9. The highest BCUT2D eigenvalue weighted by molar-refractivity contribution is 8.93. The number of aliphatic hydroxyl groups is 1. The minimum atomic E-state index is -0.593. The van der Waals surface area contributed by atoms with Crippen molar-refractivity contribution in [1.29, 1.82) is 0 Å². The zero-order valence-corrected chi connectivity index (χ0v) is 16.2. The van der Waals surface area contributed by atoms with Gasteiger partial charge in [0.05, 0.1) is 6.61 Å². The first-order chi connectivity index (χ1) is 10.7. The van der Waals surface area contributed by atoms with Gasteiger partial charge in [0.25, 0.3) is 0 Å². The van der Waals surface area contributed by atoms with Crippen molar-refractivity contribution in [3.05, 3.63) is 35.9 Å². The van der Waals surface area contributed by atoms with E-state index in [-0.39, 0.29) is 52.1 Å². The van der Waals surface area contributed by atoms with E-state index in [1.807, 2.05) is 30.3 Å². The van der Waals surface area contributed by atoms with Crippen molar-refractivity contribution in [2.45, 2.75) is 49.2 Å². The molecule has 0 radical (unpaired) electrons. The molecule has 2 bridgehead atoms. The molecule has 150 valence electrons. The Kier molecular flexibility index (Phi) is 9.35. The van der Waals surface area contributed by atoms with Crippen LogP contribution in [0.2, 0.25) is 0 Å². The minimum Gasteiger partial charge on any atom is -0.462 e. The molecule has 4 rings (SSSR count). The van der Waals surface area contributed by atoms with Crippen molar-refractivity contribution in [2.75, 3.05) is 13.7 Å². The third kappa shape index (κ3) is 4.25. The van der Waals surface area contributed by atoms with E-state index in [1.54, 1.807) is 0 Å². The highest BCUT2D eigenvalue weighted by Crippen LogP contribution is 2.48. The Morgan fingerprint density at radius 3 is 2.23 bits per heavy atom. The van der Waals surface area contributed by atoms with E-state index < -0.39 is 5.92 Å². The monoisotopic (exact) mass is 437 g/mol. The fourth-order valence-corrected chi connectivity index (χ4v) is 4.04. The maximum atomic E-state index is 12.4. The number of halogens is 1. The number of epoxide rings is 1. The number of esters is 1. The molecule has 0 saturated carbocycles. The summed E-state index contributed by atoms with van der Waals surface area (Å²) in [5.41, 5.74) is 0.803. The molecule has 9 heteroatoms. The van der Waals surface area contributed by atoms with Gasteiger partial charge in [-0.25, -0.2) is 0 Å². The van der Waals surface area contributed by atoms with E-state index >= 15 is 0 Å². The van der Waals surface area contributed by atoms with Crippen LogP contribution in [0.3, 0.4) is 0 Å². The van der Waals surface area contributed by atoms with Gasteiger partial charge in [0, 0.05) is 24.9 Å². The van der Waals surface area contributed by atoms with Crippen molar-refractivity contribution in [2.24, 2.45) is 0 Å². The maximum Gasteiger partial charge on any atom is 0.316 e. The quantitative estimate of drug-likeness (QED) is 0.472. The molecule has 0 spiro atoms. The average Bonchev–Trinajstić information content (AvgIpc) is 3.27. The van der Waals surface area contributed by atoms with Crippen LogP contribution in [0.25, 0.3) is 0 Å². The van der Waals surface area contributed by atoms with Gasteiger partial charge in [-0.05, 0) is 12.6 Å². The number of carbonyl (C=O) groups excluding carboxylic acids is 1. The second kappa shape index (κ2) is 9.75. The number of nitrogens with zero attached hydrogens (tertiary/aromatic N) is 1. The van der Waals surface area contributed by atoms with Gasteiger partial charge in [-0.1, -0.05) is 30.3 Å². The molecular formula is C17H28BrNO7. The van der Waals surface area contributed by atoms with Gasteiger partial charge >= 0.3 is 5.97 Å². The van der Waals surface area contributed by atoms with Crippen LogP contribution in [-0.4, -0.2) is 76.5 Å². The summed E-state index contributed by atoms with van der Waals surface area (Å²) in [6.45, 7) is -0.226. The third-order valence-corrected chi connectivity index (χ3v) is 5.33. The Bertz CT molecular complexity index is 557. The number of hydrogen-bond acceptors (Lipinski definition) is 5. The zero-order valence-electron chi connectivity index (χ0n) is 14.5. The summed E-state index contributed by atoms with van der Waals surface area (Å²) in [4.78, 5) is 14.8. The summed E-state index contributed by atoms with van der Waals surface area (Å²) in [5, 5.41) is 9.56. The number of piperidine rings is 1. The van der Waals surface area contributed by atoms with Crippen LogP contribution >= 0.6 is 17.0 Å².